The lowest BCUT2D eigenvalue weighted by molar-refractivity contribution is 0.0424. The first-order valence-corrected chi connectivity index (χ1v) is 7.79. The Kier molecular flexibility index (Phi) is 3.36. The number of aliphatic hydroxyl groups excluding tert-OH is 1. The molecule has 3 nitrogen and oxygen atoms in total. The Bertz CT molecular complexity index is 304. The third-order valence-corrected chi connectivity index (χ3v) is 5.68. The highest BCUT2D eigenvalue weighted by Gasteiger charge is 2.36. The van der Waals surface area contributed by atoms with E-state index in [0.717, 1.165) is 12.8 Å². The second kappa shape index (κ2) is 4.42. The summed E-state index contributed by atoms with van der Waals surface area (Å²) in [5, 5.41) is 10.1. The van der Waals surface area contributed by atoms with Crippen molar-refractivity contribution in [3.8, 4) is 0 Å². The first kappa shape index (κ1) is 11.4. The molecule has 15 heavy (non-hydrogen) atoms. The molecule has 2 aliphatic rings. The van der Waals surface area contributed by atoms with Gasteiger partial charge in [0.1, 0.15) is 0 Å². The molecular weight excluding hydrogens is 212 g/mol. The zero-order valence-corrected chi connectivity index (χ0v) is 9.88. The molecule has 0 amide bonds. The van der Waals surface area contributed by atoms with E-state index in [1.807, 2.05) is 0 Å². The van der Waals surface area contributed by atoms with Crippen LogP contribution in [-0.2, 0) is 9.84 Å². The van der Waals surface area contributed by atoms with E-state index in [4.69, 9.17) is 0 Å². The van der Waals surface area contributed by atoms with Crippen molar-refractivity contribution >= 4 is 9.84 Å². The van der Waals surface area contributed by atoms with E-state index in [-0.39, 0.29) is 23.5 Å². The number of aliphatic hydroxyl groups is 1. The summed E-state index contributed by atoms with van der Waals surface area (Å²) in [7, 11) is -2.84. The molecule has 1 N–H and O–H groups in total. The van der Waals surface area contributed by atoms with Crippen LogP contribution in [0.5, 0.6) is 0 Å². The normalized spacial score (nSPS) is 34.1. The minimum atomic E-state index is -2.84. The minimum absolute atomic E-state index is 0.0121. The molecule has 2 rings (SSSR count). The molecule has 88 valence electrons. The molecule has 1 heterocycles. The summed E-state index contributed by atoms with van der Waals surface area (Å²) in [6, 6.07) is 0. The smallest absolute Gasteiger partial charge is 0.150 e. The number of hydrogen-bond acceptors (Lipinski definition) is 3. The van der Waals surface area contributed by atoms with E-state index >= 15 is 0 Å². The Balaban J connectivity index is 1.93. The molecule has 0 spiro atoms. The van der Waals surface area contributed by atoms with Crippen molar-refractivity contribution < 1.29 is 13.5 Å². The van der Waals surface area contributed by atoms with Crippen LogP contribution in [0.3, 0.4) is 0 Å². The van der Waals surface area contributed by atoms with Crippen LogP contribution < -0.4 is 0 Å². The monoisotopic (exact) mass is 232 g/mol. The van der Waals surface area contributed by atoms with Gasteiger partial charge >= 0.3 is 0 Å². The van der Waals surface area contributed by atoms with E-state index in [1.165, 1.54) is 19.3 Å². The quantitative estimate of drug-likeness (QED) is 0.782. The van der Waals surface area contributed by atoms with Crippen molar-refractivity contribution in [3.05, 3.63) is 0 Å². The summed E-state index contributed by atoms with van der Waals surface area (Å²) in [5.41, 5.74) is 0. The minimum Gasteiger partial charge on any atom is -0.393 e. The van der Waals surface area contributed by atoms with Crippen LogP contribution in [0.1, 0.15) is 38.5 Å². The summed E-state index contributed by atoms with van der Waals surface area (Å²) < 4.78 is 22.6. The summed E-state index contributed by atoms with van der Waals surface area (Å²) >= 11 is 0. The van der Waals surface area contributed by atoms with Crippen LogP contribution in [0, 0.1) is 11.8 Å². The standard InChI is InChI=1S/C11H20O3S/c12-11(9-4-2-1-3-5-9)10-6-7-15(13,14)8-10/h9-12H,1-8H2. The number of rotatable bonds is 2. The maximum absolute atomic E-state index is 11.3. The molecule has 2 atom stereocenters. The molecule has 0 aromatic rings. The van der Waals surface area contributed by atoms with Crippen molar-refractivity contribution in [3.63, 3.8) is 0 Å². The fourth-order valence-electron chi connectivity index (χ4n) is 2.95. The SMILES string of the molecule is O=S1(=O)CCC(C(O)C2CCCCC2)C1. The molecule has 1 saturated heterocycles. The van der Waals surface area contributed by atoms with E-state index in [1.54, 1.807) is 0 Å². The number of hydrogen-bond donors (Lipinski definition) is 1. The van der Waals surface area contributed by atoms with E-state index in [9.17, 15) is 13.5 Å². The summed E-state index contributed by atoms with van der Waals surface area (Å²) in [6.45, 7) is 0. The van der Waals surface area contributed by atoms with Crippen molar-refractivity contribution in [1.29, 1.82) is 0 Å². The van der Waals surface area contributed by atoms with Crippen LogP contribution in [0.15, 0.2) is 0 Å². The zero-order chi connectivity index (χ0) is 10.9. The molecule has 2 fully saturated rings. The van der Waals surface area contributed by atoms with Gasteiger partial charge in [0, 0.05) is 0 Å². The van der Waals surface area contributed by atoms with Gasteiger partial charge in [-0.25, -0.2) is 8.42 Å². The van der Waals surface area contributed by atoms with Gasteiger partial charge in [-0.05, 0) is 31.1 Å². The fraction of sp³-hybridized carbons (Fsp3) is 1.00. The molecule has 0 aromatic carbocycles. The average molecular weight is 232 g/mol. The summed E-state index contributed by atoms with van der Waals surface area (Å²) in [4.78, 5) is 0. The Hall–Kier alpha value is -0.0900. The predicted molar refractivity (Wildman–Crippen MR) is 59.3 cm³/mol. The van der Waals surface area contributed by atoms with Crippen LogP contribution in [0.4, 0.5) is 0 Å². The lowest BCUT2D eigenvalue weighted by Gasteiger charge is -2.29. The zero-order valence-electron chi connectivity index (χ0n) is 9.06. The Morgan fingerprint density at radius 2 is 1.67 bits per heavy atom. The van der Waals surface area contributed by atoms with Gasteiger partial charge in [-0.3, -0.25) is 0 Å². The summed E-state index contributed by atoms with van der Waals surface area (Å²) in [6.07, 6.45) is 6.12. The molecule has 0 radical (unpaired) electrons. The van der Waals surface area contributed by atoms with Gasteiger partial charge in [0.05, 0.1) is 17.6 Å². The third-order valence-electron chi connectivity index (χ3n) is 3.88. The van der Waals surface area contributed by atoms with Gasteiger partial charge in [-0.2, -0.15) is 0 Å². The van der Waals surface area contributed by atoms with Gasteiger partial charge in [-0.1, -0.05) is 19.3 Å². The molecule has 1 aliphatic heterocycles. The van der Waals surface area contributed by atoms with Crippen molar-refractivity contribution in [2.24, 2.45) is 11.8 Å². The van der Waals surface area contributed by atoms with Crippen LogP contribution in [0.2, 0.25) is 0 Å². The van der Waals surface area contributed by atoms with E-state index in [0.29, 0.717) is 12.3 Å². The average Bonchev–Trinajstić information content (AvgIpc) is 2.59. The highest BCUT2D eigenvalue weighted by molar-refractivity contribution is 7.91. The molecule has 2 unspecified atom stereocenters. The fourth-order valence-corrected chi connectivity index (χ4v) is 4.80. The second-order valence-corrected chi connectivity index (χ2v) is 7.28. The van der Waals surface area contributed by atoms with Gasteiger partial charge in [0.15, 0.2) is 9.84 Å². The predicted octanol–water partition coefficient (Wildman–Crippen LogP) is 1.36. The molecule has 0 bridgehead atoms. The van der Waals surface area contributed by atoms with Gasteiger partial charge in [0.25, 0.3) is 0 Å². The van der Waals surface area contributed by atoms with Gasteiger partial charge in [-0.15, -0.1) is 0 Å². The lowest BCUT2D eigenvalue weighted by atomic mass is 9.80. The van der Waals surface area contributed by atoms with E-state index < -0.39 is 9.84 Å². The van der Waals surface area contributed by atoms with Crippen LogP contribution in [0.25, 0.3) is 0 Å². The number of sulfone groups is 1. The highest BCUT2D eigenvalue weighted by Crippen LogP contribution is 2.33. The molecule has 4 heteroatoms. The van der Waals surface area contributed by atoms with Gasteiger partial charge < -0.3 is 5.11 Å². The highest BCUT2D eigenvalue weighted by atomic mass is 32.2. The topological polar surface area (TPSA) is 54.4 Å². The second-order valence-electron chi connectivity index (χ2n) is 5.05. The Morgan fingerprint density at radius 1 is 1.00 bits per heavy atom. The Morgan fingerprint density at radius 3 is 2.20 bits per heavy atom. The Labute approximate surface area is 91.8 Å². The van der Waals surface area contributed by atoms with Crippen LogP contribution in [-0.4, -0.2) is 31.1 Å². The van der Waals surface area contributed by atoms with Crippen molar-refractivity contribution in [2.45, 2.75) is 44.6 Å². The van der Waals surface area contributed by atoms with Crippen molar-refractivity contribution in [1.82, 2.24) is 0 Å². The largest absolute Gasteiger partial charge is 0.393 e. The maximum Gasteiger partial charge on any atom is 0.150 e. The van der Waals surface area contributed by atoms with Gasteiger partial charge in [0.2, 0.25) is 0 Å². The van der Waals surface area contributed by atoms with Crippen LogP contribution >= 0.6 is 0 Å². The first-order valence-electron chi connectivity index (χ1n) is 5.97. The van der Waals surface area contributed by atoms with E-state index in [2.05, 4.69) is 0 Å². The third kappa shape index (κ3) is 2.72. The molecule has 1 saturated carbocycles. The van der Waals surface area contributed by atoms with Crippen molar-refractivity contribution in [2.75, 3.05) is 11.5 Å². The molecular formula is C11H20O3S. The molecule has 0 aromatic heterocycles. The maximum atomic E-state index is 11.3. The first-order chi connectivity index (χ1) is 7.08. The molecule has 1 aliphatic carbocycles. The summed E-state index contributed by atoms with van der Waals surface area (Å²) in [5.74, 6) is 0.863. The lowest BCUT2D eigenvalue weighted by Crippen LogP contribution is -2.31.